The van der Waals surface area contributed by atoms with Crippen LogP contribution in [0.15, 0.2) is 42.5 Å². The Hall–Kier alpha value is -2.58. The van der Waals surface area contributed by atoms with E-state index in [0.717, 1.165) is 6.07 Å². The fourth-order valence-electron chi connectivity index (χ4n) is 4.39. The predicted molar refractivity (Wildman–Crippen MR) is 117 cm³/mol. The third-order valence-electron chi connectivity index (χ3n) is 5.97. The van der Waals surface area contributed by atoms with Crippen molar-refractivity contribution in [2.45, 2.75) is 44.0 Å². The van der Waals surface area contributed by atoms with Crippen LogP contribution in [0.4, 0.5) is 18.9 Å². The van der Waals surface area contributed by atoms with Gasteiger partial charge >= 0.3 is 6.18 Å². The first-order valence-electron chi connectivity index (χ1n) is 10.6. The smallest absolute Gasteiger partial charge is 0.416 e. The molecule has 0 aromatic heterocycles. The molecule has 3 atom stereocenters. The van der Waals surface area contributed by atoms with Crippen LogP contribution in [0.2, 0.25) is 0 Å². The first-order chi connectivity index (χ1) is 15.1. The van der Waals surface area contributed by atoms with Crippen LogP contribution in [0.25, 0.3) is 0 Å². The maximum absolute atomic E-state index is 14.0. The van der Waals surface area contributed by atoms with Crippen molar-refractivity contribution in [2.75, 3.05) is 32.6 Å². The Morgan fingerprint density at radius 3 is 2.38 bits per heavy atom. The molecular formula is C24H29F3N2O3. The molecule has 1 amide bonds. The molecule has 3 rings (SSSR count). The minimum absolute atomic E-state index is 0.0305. The van der Waals surface area contributed by atoms with Crippen LogP contribution in [0.3, 0.4) is 0 Å². The Bertz CT molecular complexity index is 944. The summed E-state index contributed by atoms with van der Waals surface area (Å²) >= 11 is 0. The van der Waals surface area contributed by atoms with E-state index in [2.05, 4.69) is 0 Å². The highest BCUT2D eigenvalue weighted by Crippen LogP contribution is 2.43. The zero-order chi connectivity index (χ0) is 23.6. The lowest BCUT2D eigenvalue weighted by Crippen LogP contribution is -2.50. The van der Waals surface area contributed by atoms with E-state index in [4.69, 9.17) is 4.74 Å². The Labute approximate surface area is 186 Å². The first kappa shape index (κ1) is 24.1. The van der Waals surface area contributed by atoms with Crippen molar-refractivity contribution >= 4 is 11.6 Å². The minimum Gasteiger partial charge on any atom is -0.497 e. The second-order valence-electron chi connectivity index (χ2n) is 8.36. The standard InChI is InChI=1S/C24H29F3N2O3/c1-5-16(14-28(2)3)29-21-8-6-7-20(24(25,26)27)19(21)13-18(22(30)23(29)31)15-9-11-17(32-4)12-10-15/h6-12,16,18,22,30H,5,13-14H2,1-4H3/t16?,18?,22-/m1/s1. The van der Waals surface area contributed by atoms with Gasteiger partial charge in [0.2, 0.25) is 0 Å². The Morgan fingerprint density at radius 2 is 1.84 bits per heavy atom. The number of aliphatic hydroxyl groups is 1. The number of fused-ring (bicyclic) bond motifs is 1. The summed E-state index contributed by atoms with van der Waals surface area (Å²) in [6.07, 6.45) is -5.64. The van der Waals surface area contributed by atoms with Gasteiger partial charge < -0.3 is 19.6 Å². The van der Waals surface area contributed by atoms with Gasteiger partial charge in [0.1, 0.15) is 11.9 Å². The zero-order valence-electron chi connectivity index (χ0n) is 18.7. The quantitative estimate of drug-likeness (QED) is 0.721. The summed E-state index contributed by atoms with van der Waals surface area (Å²) in [6.45, 7) is 2.34. The van der Waals surface area contributed by atoms with Gasteiger partial charge in [-0.1, -0.05) is 25.1 Å². The number of anilines is 1. The molecule has 2 aromatic rings. The van der Waals surface area contributed by atoms with Gasteiger partial charge in [0.15, 0.2) is 0 Å². The number of hydrogen-bond acceptors (Lipinski definition) is 4. The molecular weight excluding hydrogens is 421 g/mol. The summed E-state index contributed by atoms with van der Waals surface area (Å²) in [6, 6.07) is 10.2. The number of ether oxygens (including phenoxy) is 1. The molecule has 0 spiro atoms. The zero-order valence-corrected chi connectivity index (χ0v) is 18.7. The van der Waals surface area contributed by atoms with Gasteiger partial charge in [0.05, 0.1) is 12.7 Å². The molecule has 2 unspecified atom stereocenters. The average molecular weight is 451 g/mol. The molecule has 2 aromatic carbocycles. The van der Waals surface area contributed by atoms with Crippen molar-refractivity contribution in [1.82, 2.24) is 4.90 Å². The molecule has 0 bridgehead atoms. The van der Waals surface area contributed by atoms with Crippen LogP contribution < -0.4 is 9.64 Å². The van der Waals surface area contributed by atoms with E-state index in [-0.39, 0.29) is 23.7 Å². The van der Waals surface area contributed by atoms with Gasteiger partial charge in [-0.05, 0) is 62.3 Å². The summed E-state index contributed by atoms with van der Waals surface area (Å²) in [4.78, 5) is 16.8. The Kier molecular flexibility index (Phi) is 7.15. The fraction of sp³-hybridized carbons (Fsp3) is 0.458. The number of halogens is 3. The number of alkyl halides is 3. The molecule has 1 N–H and O–H groups in total. The molecule has 0 radical (unpaired) electrons. The lowest BCUT2D eigenvalue weighted by atomic mass is 9.86. The van der Waals surface area contributed by atoms with Gasteiger partial charge in [0.25, 0.3) is 5.91 Å². The highest BCUT2D eigenvalue weighted by atomic mass is 19.4. The van der Waals surface area contributed by atoms with E-state index in [0.29, 0.717) is 24.3 Å². The number of methoxy groups -OCH3 is 1. The summed E-state index contributed by atoms with van der Waals surface area (Å²) in [5, 5.41) is 11.1. The number of carbonyl (C=O) groups excluding carboxylic acids is 1. The lowest BCUT2D eigenvalue weighted by Gasteiger charge is -2.34. The molecule has 0 aliphatic carbocycles. The molecule has 174 valence electrons. The van der Waals surface area contributed by atoms with Crippen molar-refractivity contribution < 1.29 is 27.8 Å². The van der Waals surface area contributed by atoms with Gasteiger partial charge in [-0.25, -0.2) is 0 Å². The van der Waals surface area contributed by atoms with Crippen LogP contribution in [-0.4, -0.2) is 55.8 Å². The van der Waals surface area contributed by atoms with Crippen LogP contribution in [0, 0.1) is 0 Å². The van der Waals surface area contributed by atoms with Crippen molar-refractivity contribution in [3.05, 3.63) is 59.2 Å². The van der Waals surface area contributed by atoms with Crippen molar-refractivity contribution in [2.24, 2.45) is 0 Å². The summed E-state index contributed by atoms with van der Waals surface area (Å²) < 4.78 is 47.0. The molecule has 8 heteroatoms. The van der Waals surface area contributed by atoms with E-state index in [1.165, 1.54) is 18.1 Å². The van der Waals surface area contributed by atoms with Gasteiger partial charge in [-0.3, -0.25) is 4.79 Å². The largest absolute Gasteiger partial charge is 0.497 e. The van der Waals surface area contributed by atoms with Crippen molar-refractivity contribution in [1.29, 1.82) is 0 Å². The van der Waals surface area contributed by atoms with Crippen LogP contribution in [0.5, 0.6) is 5.75 Å². The molecule has 5 nitrogen and oxygen atoms in total. The average Bonchev–Trinajstić information content (AvgIpc) is 2.86. The number of benzene rings is 2. The number of amides is 1. The third-order valence-corrected chi connectivity index (χ3v) is 5.97. The predicted octanol–water partition coefficient (Wildman–Crippen LogP) is 4.09. The lowest BCUT2D eigenvalue weighted by molar-refractivity contribution is -0.138. The summed E-state index contributed by atoms with van der Waals surface area (Å²) in [7, 11) is 5.20. The number of carbonyl (C=O) groups is 1. The second-order valence-corrected chi connectivity index (χ2v) is 8.36. The maximum Gasteiger partial charge on any atom is 0.416 e. The third kappa shape index (κ3) is 4.76. The maximum atomic E-state index is 14.0. The van der Waals surface area contributed by atoms with Gasteiger partial charge in [0, 0.05) is 24.2 Å². The molecule has 1 aliphatic heterocycles. The number of nitrogens with zero attached hydrogens (tertiary/aromatic N) is 2. The normalized spacial score (nSPS) is 20.2. The molecule has 32 heavy (non-hydrogen) atoms. The molecule has 1 heterocycles. The van der Waals surface area contributed by atoms with Crippen molar-refractivity contribution in [3.8, 4) is 5.75 Å². The summed E-state index contributed by atoms with van der Waals surface area (Å²) in [5.74, 6) is -0.826. The highest BCUT2D eigenvalue weighted by molar-refractivity contribution is 5.99. The number of aliphatic hydroxyl groups excluding tert-OH is 1. The van der Waals surface area contributed by atoms with Gasteiger partial charge in [-0.2, -0.15) is 13.2 Å². The van der Waals surface area contributed by atoms with Crippen molar-refractivity contribution in [3.63, 3.8) is 0 Å². The number of rotatable bonds is 6. The SMILES string of the molecule is CCC(CN(C)C)N1C(=O)[C@H](O)C(c2ccc(OC)cc2)Cc2c1cccc2C(F)(F)F. The monoisotopic (exact) mass is 450 g/mol. The Balaban J connectivity index is 2.20. The second kappa shape index (κ2) is 9.50. The molecule has 0 saturated heterocycles. The van der Waals surface area contributed by atoms with Crippen LogP contribution in [0.1, 0.15) is 36.0 Å². The minimum atomic E-state index is -4.58. The van der Waals surface area contributed by atoms with Gasteiger partial charge in [-0.15, -0.1) is 0 Å². The van der Waals surface area contributed by atoms with E-state index < -0.39 is 29.7 Å². The molecule has 0 fully saturated rings. The van der Waals surface area contributed by atoms with E-state index in [9.17, 15) is 23.1 Å². The van der Waals surface area contributed by atoms with E-state index in [1.54, 1.807) is 30.3 Å². The van der Waals surface area contributed by atoms with Crippen LogP contribution >= 0.6 is 0 Å². The summed E-state index contributed by atoms with van der Waals surface area (Å²) in [5.41, 5.74) is 0.0497. The van der Waals surface area contributed by atoms with E-state index in [1.807, 2.05) is 25.9 Å². The Morgan fingerprint density at radius 1 is 1.19 bits per heavy atom. The number of hydrogen-bond donors (Lipinski definition) is 1. The number of likely N-dealkylation sites (N-methyl/N-ethyl adjacent to an activating group) is 1. The topological polar surface area (TPSA) is 53.0 Å². The fourth-order valence-corrected chi connectivity index (χ4v) is 4.39. The molecule has 0 saturated carbocycles. The first-order valence-corrected chi connectivity index (χ1v) is 10.6. The highest BCUT2D eigenvalue weighted by Gasteiger charge is 2.43. The van der Waals surface area contributed by atoms with E-state index >= 15 is 0 Å². The van der Waals surface area contributed by atoms with Crippen LogP contribution in [-0.2, 0) is 17.4 Å². The molecule has 1 aliphatic rings.